The first-order valence-corrected chi connectivity index (χ1v) is 11.9. The molecule has 0 saturated heterocycles. The van der Waals surface area contributed by atoms with Crippen LogP contribution in [0.15, 0.2) is 52.9 Å². The predicted molar refractivity (Wildman–Crippen MR) is 122 cm³/mol. The standard InChI is InChI=1S/C21H20N6O3S2/c1-3-9-26-19(16-11-29-14-7-5-6-8-15(14)30-16)23-24-21(26)31-12-13-10-18(28)27-20(22-13)32-17(4-2)25-27/h3,5-8,10,16H,1,4,9,11-12H2,2H3/t16-/m0/s1. The molecule has 9 nitrogen and oxygen atoms in total. The molecule has 1 atom stereocenters. The van der Waals surface area contributed by atoms with Crippen LogP contribution < -0.4 is 15.0 Å². The van der Waals surface area contributed by atoms with Crippen molar-refractivity contribution in [2.24, 2.45) is 0 Å². The van der Waals surface area contributed by atoms with Gasteiger partial charge in [-0.3, -0.25) is 9.36 Å². The molecule has 0 spiro atoms. The van der Waals surface area contributed by atoms with E-state index in [-0.39, 0.29) is 11.7 Å². The molecule has 32 heavy (non-hydrogen) atoms. The number of aromatic nitrogens is 6. The zero-order valence-corrected chi connectivity index (χ0v) is 18.9. The molecule has 0 radical (unpaired) electrons. The first-order chi connectivity index (χ1) is 15.7. The first-order valence-electron chi connectivity index (χ1n) is 10.1. The number of hydrogen-bond donors (Lipinski definition) is 0. The van der Waals surface area contributed by atoms with Gasteiger partial charge in [-0.2, -0.15) is 9.61 Å². The SMILES string of the molecule is C=CCn1c(SCc2cc(=O)n3nc(CC)sc3n2)nnc1[C@@H]1COc2ccccc2O1. The molecule has 0 saturated carbocycles. The van der Waals surface area contributed by atoms with Crippen LogP contribution >= 0.6 is 23.1 Å². The molecule has 0 aliphatic carbocycles. The zero-order valence-electron chi connectivity index (χ0n) is 17.3. The summed E-state index contributed by atoms with van der Waals surface area (Å²) in [4.78, 5) is 17.6. The molecule has 4 heterocycles. The molecule has 164 valence electrons. The lowest BCUT2D eigenvalue weighted by Gasteiger charge is -2.26. The van der Waals surface area contributed by atoms with Gasteiger partial charge in [-0.25, -0.2) is 4.98 Å². The van der Waals surface area contributed by atoms with Gasteiger partial charge >= 0.3 is 0 Å². The Hall–Kier alpha value is -3.18. The molecular weight excluding hydrogens is 448 g/mol. The Morgan fingerprint density at radius 2 is 2.16 bits per heavy atom. The molecule has 4 aromatic rings. The highest BCUT2D eigenvalue weighted by molar-refractivity contribution is 7.98. The molecule has 0 N–H and O–H groups in total. The number of benzene rings is 1. The third kappa shape index (κ3) is 3.89. The van der Waals surface area contributed by atoms with Crippen molar-refractivity contribution in [2.45, 2.75) is 36.9 Å². The lowest BCUT2D eigenvalue weighted by Crippen LogP contribution is -2.25. The van der Waals surface area contributed by atoms with Crippen molar-refractivity contribution in [3.8, 4) is 11.5 Å². The highest BCUT2D eigenvalue weighted by atomic mass is 32.2. The normalized spacial score (nSPS) is 15.2. The Morgan fingerprint density at radius 1 is 1.31 bits per heavy atom. The molecule has 0 amide bonds. The van der Waals surface area contributed by atoms with Crippen LogP contribution in [-0.4, -0.2) is 36.0 Å². The number of nitrogens with zero attached hydrogens (tertiary/aromatic N) is 6. The number of fused-ring (bicyclic) bond motifs is 2. The van der Waals surface area contributed by atoms with Gasteiger partial charge in [-0.15, -0.1) is 16.8 Å². The Balaban J connectivity index is 1.38. The monoisotopic (exact) mass is 468 g/mol. The van der Waals surface area contributed by atoms with Gasteiger partial charge in [0.05, 0.1) is 5.69 Å². The van der Waals surface area contributed by atoms with Gasteiger partial charge < -0.3 is 9.47 Å². The summed E-state index contributed by atoms with van der Waals surface area (Å²) in [5.74, 6) is 2.54. The van der Waals surface area contributed by atoms with E-state index in [4.69, 9.17) is 9.47 Å². The molecule has 0 unspecified atom stereocenters. The van der Waals surface area contributed by atoms with Crippen molar-refractivity contribution in [1.29, 1.82) is 0 Å². The minimum absolute atomic E-state index is 0.179. The fourth-order valence-electron chi connectivity index (χ4n) is 3.34. The number of hydrogen-bond acceptors (Lipinski definition) is 9. The topological polar surface area (TPSA) is 96.4 Å². The predicted octanol–water partition coefficient (Wildman–Crippen LogP) is 3.30. The zero-order chi connectivity index (χ0) is 22.1. The van der Waals surface area contributed by atoms with Crippen LogP contribution in [0, 0.1) is 0 Å². The van der Waals surface area contributed by atoms with Crippen LogP contribution in [-0.2, 0) is 18.7 Å². The quantitative estimate of drug-likeness (QED) is 0.301. The fourth-order valence-corrected chi connectivity index (χ4v) is 5.05. The first kappa shape index (κ1) is 20.7. The van der Waals surface area contributed by atoms with E-state index in [0.717, 1.165) is 17.2 Å². The van der Waals surface area contributed by atoms with Crippen LogP contribution in [0.25, 0.3) is 4.96 Å². The largest absolute Gasteiger partial charge is 0.485 e. The Labute approximate surface area is 191 Å². The summed E-state index contributed by atoms with van der Waals surface area (Å²) in [7, 11) is 0. The van der Waals surface area contributed by atoms with Gasteiger partial charge in [-0.1, -0.05) is 48.2 Å². The molecule has 3 aromatic heterocycles. The Bertz CT molecular complexity index is 1350. The fraction of sp³-hybridized carbons (Fsp3) is 0.286. The summed E-state index contributed by atoms with van der Waals surface area (Å²) in [5.41, 5.74) is 0.494. The number of allylic oxidation sites excluding steroid dienone is 1. The van der Waals surface area contributed by atoms with E-state index in [1.807, 2.05) is 35.8 Å². The third-order valence-electron chi connectivity index (χ3n) is 4.85. The van der Waals surface area contributed by atoms with Gasteiger partial charge in [-0.05, 0) is 18.6 Å². The minimum Gasteiger partial charge on any atom is -0.485 e. The number of rotatable bonds is 7. The highest BCUT2D eigenvalue weighted by Crippen LogP contribution is 2.36. The molecule has 1 aromatic carbocycles. The van der Waals surface area contributed by atoms with Crippen molar-refractivity contribution in [3.63, 3.8) is 0 Å². The maximum atomic E-state index is 12.4. The lowest BCUT2D eigenvalue weighted by atomic mass is 10.2. The number of ether oxygens (including phenoxy) is 2. The van der Waals surface area contributed by atoms with Gasteiger partial charge in [0.25, 0.3) is 5.56 Å². The molecule has 0 fully saturated rings. The number of thioether (sulfide) groups is 1. The second-order valence-electron chi connectivity index (χ2n) is 7.02. The summed E-state index contributed by atoms with van der Waals surface area (Å²) in [6.45, 7) is 6.72. The molecule has 11 heteroatoms. The molecule has 0 bridgehead atoms. The number of para-hydroxylation sites is 2. The van der Waals surface area contributed by atoms with E-state index in [2.05, 4.69) is 26.9 Å². The molecule has 5 rings (SSSR count). The van der Waals surface area contributed by atoms with Crippen LogP contribution in [0.4, 0.5) is 0 Å². The van der Waals surface area contributed by atoms with E-state index < -0.39 is 0 Å². The van der Waals surface area contributed by atoms with Crippen LogP contribution in [0.3, 0.4) is 0 Å². The summed E-state index contributed by atoms with van der Waals surface area (Å²) in [6.07, 6.45) is 2.17. The van der Waals surface area contributed by atoms with Gasteiger partial charge in [0.2, 0.25) is 4.96 Å². The summed E-state index contributed by atoms with van der Waals surface area (Å²) in [6, 6.07) is 9.07. The van der Waals surface area contributed by atoms with Gasteiger partial charge in [0.1, 0.15) is 11.6 Å². The molecule has 1 aliphatic rings. The third-order valence-corrected chi connectivity index (χ3v) is 6.90. The lowest BCUT2D eigenvalue weighted by molar-refractivity contribution is 0.0821. The summed E-state index contributed by atoms with van der Waals surface area (Å²) in [5, 5.41) is 14.6. The average Bonchev–Trinajstić information content (AvgIpc) is 3.42. The summed E-state index contributed by atoms with van der Waals surface area (Å²) >= 11 is 2.89. The van der Waals surface area contributed by atoms with Crippen molar-refractivity contribution >= 4 is 28.1 Å². The smallest absolute Gasteiger partial charge is 0.275 e. The molecule has 1 aliphatic heterocycles. The molecular formula is C21H20N6O3S2. The minimum atomic E-state index is -0.379. The van der Waals surface area contributed by atoms with Crippen molar-refractivity contribution in [3.05, 3.63) is 69.9 Å². The van der Waals surface area contributed by atoms with E-state index in [0.29, 0.717) is 46.3 Å². The maximum Gasteiger partial charge on any atom is 0.275 e. The second kappa shape index (κ2) is 8.75. The van der Waals surface area contributed by atoms with E-state index in [1.165, 1.54) is 33.7 Å². The summed E-state index contributed by atoms with van der Waals surface area (Å²) < 4.78 is 15.2. The Kier molecular flexibility index (Phi) is 5.66. The van der Waals surface area contributed by atoms with E-state index >= 15 is 0 Å². The van der Waals surface area contributed by atoms with Gasteiger partial charge in [0.15, 0.2) is 28.6 Å². The van der Waals surface area contributed by atoms with Crippen LogP contribution in [0.1, 0.15) is 29.6 Å². The van der Waals surface area contributed by atoms with Crippen LogP contribution in [0.5, 0.6) is 11.5 Å². The van der Waals surface area contributed by atoms with Crippen LogP contribution in [0.2, 0.25) is 0 Å². The highest BCUT2D eigenvalue weighted by Gasteiger charge is 2.28. The van der Waals surface area contributed by atoms with Crippen molar-refractivity contribution < 1.29 is 9.47 Å². The van der Waals surface area contributed by atoms with E-state index in [1.54, 1.807) is 6.08 Å². The maximum absolute atomic E-state index is 12.4. The van der Waals surface area contributed by atoms with Crippen molar-refractivity contribution in [2.75, 3.05) is 6.61 Å². The van der Waals surface area contributed by atoms with Gasteiger partial charge in [0, 0.05) is 18.4 Å². The van der Waals surface area contributed by atoms with Crippen molar-refractivity contribution in [1.82, 2.24) is 29.4 Å². The second-order valence-corrected chi connectivity index (χ2v) is 9.01. The average molecular weight is 469 g/mol. The number of aryl methyl sites for hydroxylation is 1. The Morgan fingerprint density at radius 3 is 2.97 bits per heavy atom. The van der Waals surface area contributed by atoms with E-state index in [9.17, 15) is 4.79 Å².